The first-order chi connectivity index (χ1) is 15.7. The molecule has 2 aromatic carbocycles. The predicted octanol–water partition coefficient (Wildman–Crippen LogP) is 3.58. The lowest BCUT2D eigenvalue weighted by Crippen LogP contribution is -2.17. The van der Waals surface area contributed by atoms with Crippen LogP contribution in [-0.2, 0) is 0 Å². The number of aromatic nitrogens is 3. The zero-order chi connectivity index (χ0) is 22.3. The third-order valence-corrected chi connectivity index (χ3v) is 4.54. The van der Waals surface area contributed by atoms with Gasteiger partial charge in [0.2, 0.25) is 5.89 Å². The summed E-state index contributed by atoms with van der Waals surface area (Å²) < 4.78 is 16.4. The number of amides is 1. The summed E-state index contributed by atoms with van der Waals surface area (Å²) in [5, 5.41) is 12.2. The number of hydrogen-bond acceptors (Lipinski definition) is 8. The first kappa shape index (κ1) is 20.7. The Morgan fingerprint density at radius 1 is 0.969 bits per heavy atom. The topological polar surface area (TPSA) is 112 Å². The molecule has 0 saturated carbocycles. The summed E-state index contributed by atoms with van der Waals surface area (Å²) in [7, 11) is 3.14. The second-order valence-corrected chi connectivity index (χ2v) is 6.54. The molecule has 0 aliphatic rings. The highest BCUT2D eigenvalue weighted by Gasteiger charge is 2.16. The van der Waals surface area contributed by atoms with Crippen LogP contribution >= 0.6 is 0 Å². The zero-order valence-electron chi connectivity index (χ0n) is 17.4. The standard InChI is InChI=1S/C23H19N5O4/c1-30-18-7-8-19(20(13-18)31-2)23-28-27-22(32-23)17-5-3-16(4-6-17)21(29)26-25-14-15-9-11-24-12-10-15/h3-14H,1-2H3,(H,26,29)/b25-14+. The second kappa shape index (κ2) is 9.52. The Kier molecular flexibility index (Phi) is 6.17. The number of methoxy groups -OCH3 is 2. The summed E-state index contributed by atoms with van der Waals surface area (Å²) in [4.78, 5) is 16.2. The fourth-order valence-corrected chi connectivity index (χ4v) is 2.87. The Balaban J connectivity index is 1.46. The SMILES string of the molecule is COc1ccc(-c2nnc(-c3ccc(C(=O)N/N=C/c4ccncc4)cc3)o2)c(OC)c1. The van der Waals surface area contributed by atoms with Crippen LogP contribution in [0, 0.1) is 0 Å². The van der Waals surface area contributed by atoms with Crippen molar-refractivity contribution in [3.63, 3.8) is 0 Å². The molecule has 4 aromatic rings. The maximum absolute atomic E-state index is 12.3. The highest BCUT2D eigenvalue weighted by Crippen LogP contribution is 2.33. The van der Waals surface area contributed by atoms with Crippen molar-refractivity contribution in [2.45, 2.75) is 0 Å². The molecule has 4 rings (SSSR count). The number of nitrogens with one attached hydrogen (secondary N) is 1. The lowest BCUT2D eigenvalue weighted by atomic mass is 10.1. The molecule has 160 valence electrons. The van der Waals surface area contributed by atoms with Crippen molar-refractivity contribution in [3.05, 3.63) is 78.1 Å². The van der Waals surface area contributed by atoms with Crippen LogP contribution in [0.4, 0.5) is 0 Å². The van der Waals surface area contributed by atoms with Crippen LogP contribution in [-0.4, -0.2) is 41.5 Å². The molecule has 0 unspecified atom stereocenters. The van der Waals surface area contributed by atoms with Crippen LogP contribution in [0.15, 0.2) is 76.5 Å². The second-order valence-electron chi connectivity index (χ2n) is 6.54. The van der Waals surface area contributed by atoms with Crippen LogP contribution < -0.4 is 14.9 Å². The summed E-state index contributed by atoms with van der Waals surface area (Å²) in [6.07, 6.45) is 4.84. The smallest absolute Gasteiger partial charge is 0.271 e. The lowest BCUT2D eigenvalue weighted by Gasteiger charge is -2.07. The van der Waals surface area contributed by atoms with E-state index in [0.717, 1.165) is 5.56 Å². The van der Waals surface area contributed by atoms with Gasteiger partial charge in [-0.2, -0.15) is 5.10 Å². The molecule has 0 aliphatic heterocycles. The van der Waals surface area contributed by atoms with E-state index in [1.165, 1.54) is 0 Å². The van der Waals surface area contributed by atoms with Crippen molar-refractivity contribution in [2.75, 3.05) is 14.2 Å². The van der Waals surface area contributed by atoms with Crippen molar-refractivity contribution in [1.82, 2.24) is 20.6 Å². The monoisotopic (exact) mass is 429 g/mol. The van der Waals surface area contributed by atoms with Gasteiger partial charge in [0.25, 0.3) is 11.8 Å². The molecule has 0 aliphatic carbocycles. The summed E-state index contributed by atoms with van der Waals surface area (Å²) in [6.45, 7) is 0. The lowest BCUT2D eigenvalue weighted by molar-refractivity contribution is 0.0955. The minimum absolute atomic E-state index is 0.312. The van der Waals surface area contributed by atoms with Gasteiger partial charge in [0.1, 0.15) is 11.5 Å². The molecule has 0 atom stereocenters. The number of pyridine rings is 1. The molecule has 0 bridgehead atoms. The van der Waals surface area contributed by atoms with Gasteiger partial charge < -0.3 is 13.9 Å². The highest BCUT2D eigenvalue weighted by molar-refractivity contribution is 5.95. The molecule has 0 saturated heterocycles. The third kappa shape index (κ3) is 4.62. The van der Waals surface area contributed by atoms with E-state index in [1.807, 2.05) is 0 Å². The van der Waals surface area contributed by atoms with E-state index in [9.17, 15) is 4.79 Å². The summed E-state index contributed by atoms with van der Waals surface area (Å²) in [5.41, 5.74) is 5.08. The summed E-state index contributed by atoms with van der Waals surface area (Å²) >= 11 is 0. The van der Waals surface area contributed by atoms with Gasteiger partial charge in [-0.25, -0.2) is 5.43 Å². The first-order valence-electron chi connectivity index (χ1n) is 9.57. The quantitative estimate of drug-likeness (QED) is 0.353. The van der Waals surface area contributed by atoms with Gasteiger partial charge in [0.15, 0.2) is 0 Å². The van der Waals surface area contributed by atoms with Gasteiger partial charge in [0, 0.05) is 29.6 Å². The van der Waals surface area contributed by atoms with Gasteiger partial charge in [-0.15, -0.1) is 10.2 Å². The van der Waals surface area contributed by atoms with Crippen molar-refractivity contribution in [3.8, 4) is 34.4 Å². The normalized spacial score (nSPS) is 10.8. The molecule has 9 nitrogen and oxygen atoms in total. The Labute approximate surface area is 183 Å². The maximum atomic E-state index is 12.3. The number of hydrogen-bond donors (Lipinski definition) is 1. The molecule has 1 N–H and O–H groups in total. The minimum Gasteiger partial charge on any atom is -0.497 e. The van der Waals surface area contributed by atoms with Crippen molar-refractivity contribution >= 4 is 12.1 Å². The molecule has 0 fully saturated rings. The molecule has 0 radical (unpaired) electrons. The highest BCUT2D eigenvalue weighted by atomic mass is 16.5. The molecule has 1 amide bonds. The van der Waals surface area contributed by atoms with E-state index < -0.39 is 0 Å². The molecular formula is C23H19N5O4. The zero-order valence-corrected chi connectivity index (χ0v) is 17.4. The maximum Gasteiger partial charge on any atom is 0.271 e. The summed E-state index contributed by atoms with van der Waals surface area (Å²) in [6, 6.07) is 15.6. The average Bonchev–Trinajstić information content (AvgIpc) is 3.34. The van der Waals surface area contributed by atoms with Gasteiger partial charge >= 0.3 is 0 Å². The molecule has 0 spiro atoms. The van der Waals surface area contributed by atoms with Crippen LogP contribution in [0.5, 0.6) is 11.5 Å². The van der Waals surface area contributed by atoms with E-state index in [1.54, 1.807) is 87.4 Å². The van der Waals surface area contributed by atoms with E-state index in [2.05, 4.69) is 25.7 Å². The van der Waals surface area contributed by atoms with Crippen molar-refractivity contribution in [1.29, 1.82) is 0 Å². The van der Waals surface area contributed by atoms with Crippen LogP contribution in [0.25, 0.3) is 22.9 Å². The van der Waals surface area contributed by atoms with Crippen molar-refractivity contribution < 1.29 is 18.7 Å². The van der Waals surface area contributed by atoms with E-state index >= 15 is 0 Å². The molecule has 2 aromatic heterocycles. The Hall–Kier alpha value is -4.53. The molecule has 32 heavy (non-hydrogen) atoms. The van der Waals surface area contributed by atoms with E-state index in [-0.39, 0.29) is 5.91 Å². The number of nitrogens with zero attached hydrogens (tertiary/aromatic N) is 4. The Morgan fingerprint density at radius 3 is 2.44 bits per heavy atom. The van der Waals surface area contributed by atoms with Crippen molar-refractivity contribution in [2.24, 2.45) is 5.10 Å². The van der Waals surface area contributed by atoms with Gasteiger partial charge in [-0.3, -0.25) is 9.78 Å². The molecule has 9 heteroatoms. The first-order valence-corrected chi connectivity index (χ1v) is 9.57. The number of carbonyl (C=O) groups excluding carboxylic acids is 1. The van der Waals surface area contributed by atoms with Gasteiger partial charge in [0.05, 0.1) is 26.0 Å². The minimum atomic E-state index is -0.337. The van der Waals surface area contributed by atoms with Crippen LogP contribution in [0.3, 0.4) is 0 Å². The molecule has 2 heterocycles. The Morgan fingerprint density at radius 2 is 1.72 bits per heavy atom. The fraction of sp³-hybridized carbons (Fsp3) is 0.0870. The third-order valence-electron chi connectivity index (χ3n) is 4.54. The van der Waals surface area contributed by atoms with Crippen LogP contribution in [0.1, 0.15) is 15.9 Å². The number of rotatable bonds is 7. The largest absolute Gasteiger partial charge is 0.497 e. The fourth-order valence-electron chi connectivity index (χ4n) is 2.87. The number of benzene rings is 2. The van der Waals surface area contributed by atoms with Gasteiger partial charge in [-0.05, 0) is 54.1 Å². The van der Waals surface area contributed by atoms with E-state index in [0.29, 0.717) is 40.0 Å². The number of hydrazone groups is 1. The predicted molar refractivity (Wildman–Crippen MR) is 118 cm³/mol. The average molecular weight is 429 g/mol. The van der Waals surface area contributed by atoms with E-state index in [4.69, 9.17) is 13.9 Å². The number of ether oxygens (including phenoxy) is 2. The molecular weight excluding hydrogens is 410 g/mol. The summed E-state index contributed by atoms with van der Waals surface area (Å²) in [5.74, 6) is 1.51. The Bertz CT molecular complexity index is 1240. The van der Waals surface area contributed by atoms with Gasteiger partial charge in [-0.1, -0.05) is 0 Å². The van der Waals surface area contributed by atoms with Crippen LogP contribution in [0.2, 0.25) is 0 Å². The number of carbonyl (C=O) groups is 1.